The predicted molar refractivity (Wildman–Crippen MR) is 130 cm³/mol. The zero-order valence-electron chi connectivity index (χ0n) is 15.8. The highest BCUT2D eigenvalue weighted by molar-refractivity contribution is 8.00. The molecule has 0 amide bonds. The second-order valence-corrected chi connectivity index (χ2v) is 9.56. The van der Waals surface area contributed by atoms with E-state index >= 15 is 0 Å². The molecule has 0 radical (unpaired) electrons. The van der Waals surface area contributed by atoms with Gasteiger partial charge in [0.1, 0.15) is 10.8 Å². The number of carbonyl (C=O) groups is 1. The number of amidine groups is 1. The van der Waals surface area contributed by atoms with Gasteiger partial charge in [-0.05, 0) is 17.9 Å². The number of nitrogen functional groups attached to an aromatic ring is 1. The van der Waals surface area contributed by atoms with Gasteiger partial charge in [0.2, 0.25) is 0 Å². The molecule has 0 bridgehead atoms. The Kier molecular flexibility index (Phi) is 5.55. The van der Waals surface area contributed by atoms with Crippen molar-refractivity contribution in [3.8, 4) is 33.0 Å². The predicted octanol–water partition coefficient (Wildman–Crippen LogP) is 6.18. The van der Waals surface area contributed by atoms with Crippen LogP contribution in [0.3, 0.4) is 0 Å². The topological polar surface area (TPSA) is 79.8 Å². The van der Waals surface area contributed by atoms with Crippen molar-refractivity contribution in [2.45, 2.75) is 4.21 Å². The maximum atomic E-state index is 12.8. The summed E-state index contributed by atoms with van der Waals surface area (Å²) in [5.74, 6) is 0.144. The van der Waals surface area contributed by atoms with Gasteiger partial charge < -0.3 is 5.73 Å². The van der Waals surface area contributed by atoms with Gasteiger partial charge in [-0.1, -0.05) is 42.5 Å². The summed E-state index contributed by atoms with van der Waals surface area (Å²) in [4.78, 5) is 18.4. The van der Waals surface area contributed by atoms with Crippen LogP contribution in [0.5, 0.6) is 0 Å². The summed E-state index contributed by atoms with van der Waals surface area (Å²) in [7, 11) is 0. The monoisotopic (exact) mass is 469 g/mol. The smallest absolute Gasteiger partial charge is 0.194 e. The summed E-state index contributed by atoms with van der Waals surface area (Å²) in [5.41, 5.74) is 11.9. The summed E-state index contributed by atoms with van der Waals surface area (Å²) in [6.07, 6.45) is 2.01. The zero-order valence-corrected chi connectivity index (χ0v) is 19.0. The Morgan fingerprint density at radius 2 is 1.73 bits per heavy atom. The number of benzene rings is 2. The van der Waals surface area contributed by atoms with Gasteiger partial charge in [-0.3, -0.25) is 10.2 Å². The normalized spacial score (nSPS) is 11.7. The molecule has 1 aliphatic rings. The number of thiazole rings is 1. The van der Waals surface area contributed by atoms with Crippen molar-refractivity contribution in [2.24, 2.45) is 5.73 Å². The highest BCUT2D eigenvalue weighted by Crippen LogP contribution is 2.45. The molecule has 0 unspecified atom stereocenters. The van der Waals surface area contributed by atoms with Crippen molar-refractivity contribution >= 4 is 58.5 Å². The van der Waals surface area contributed by atoms with Crippen molar-refractivity contribution in [1.82, 2.24) is 4.98 Å². The number of nitrogens with one attached hydrogen (secondary N) is 1. The average molecular weight is 470 g/mol. The van der Waals surface area contributed by atoms with Crippen molar-refractivity contribution in [3.63, 3.8) is 0 Å². The van der Waals surface area contributed by atoms with E-state index in [-0.39, 0.29) is 24.0 Å². The Hall–Kier alpha value is -2.45. The Labute approximate surface area is 192 Å². The van der Waals surface area contributed by atoms with Crippen molar-refractivity contribution in [1.29, 1.82) is 5.41 Å². The molecule has 150 valence electrons. The zero-order chi connectivity index (χ0) is 20.1. The molecule has 0 atom stereocenters. The minimum absolute atomic E-state index is 0. The Morgan fingerprint density at radius 1 is 1.03 bits per heavy atom. The SMILES string of the molecule is CSc1sc(C(=N)N)cc1-c1nc(-c2cccc3c2-c2ccccc2C3=O)cs1.Cl. The Bertz CT molecular complexity index is 1310. The molecule has 30 heavy (non-hydrogen) atoms. The van der Waals surface area contributed by atoms with Crippen LogP contribution in [0.25, 0.3) is 33.0 Å². The van der Waals surface area contributed by atoms with E-state index in [2.05, 4.69) is 0 Å². The molecule has 5 rings (SSSR count). The molecule has 0 spiro atoms. The molecule has 2 aromatic carbocycles. The van der Waals surface area contributed by atoms with Crippen molar-refractivity contribution in [2.75, 3.05) is 6.26 Å². The van der Waals surface area contributed by atoms with Gasteiger partial charge in [-0.15, -0.1) is 46.8 Å². The van der Waals surface area contributed by atoms with Crippen LogP contribution in [-0.2, 0) is 0 Å². The summed E-state index contributed by atoms with van der Waals surface area (Å²) < 4.78 is 1.09. The highest BCUT2D eigenvalue weighted by atomic mass is 35.5. The molecule has 3 N–H and O–H groups in total. The third-order valence-electron chi connectivity index (χ3n) is 4.91. The van der Waals surface area contributed by atoms with E-state index in [1.807, 2.05) is 60.2 Å². The standard InChI is InChI=1S/C22H15N3OS3.ClH/c1-27-22-15(9-17(29-22)20(23)24)21-25-16(10-28-21)13-7-4-8-14-18(13)11-5-2-3-6-12(11)19(14)26;/h2-10H,1H3,(H3,23,24);1H. The largest absolute Gasteiger partial charge is 0.383 e. The maximum absolute atomic E-state index is 12.8. The second-order valence-electron chi connectivity index (χ2n) is 6.57. The fourth-order valence-electron chi connectivity index (χ4n) is 3.62. The van der Waals surface area contributed by atoms with E-state index in [0.717, 1.165) is 53.2 Å². The summed E-state index contributed by atoms with van der Waals surface area (Å²) in [6.45, 7) is 0. The molecule has 0 saturated heterocycles. The fourth-order valence-corrected chi connectivity index (χ4v) is 6.32. The Morgan fingerprint density at radius 3 is 2.47 bits per heavy atom. The minimum atomic E-state index is 0. The lowest BCUT2D eigenvalue weighted by molar-refractivity contribution is 0.104. The number of hydrogen-bond donors (Lipinski definition) is 2. The molecule has 0 aliphatic heterocycles. The molecule has 1 aliphatic carbocycles. The first-order valence-electron chi connectivity index (χ1n) is 8.84. The van der Waals surface area contributed by atoms with Gasteiger partial charge in [0.05, 0.1) is 14.8 Å². The quantitative estimate of drug-likeness (QED) is 0.187. The van der Waals surface area contributed by atoms with Crippen LogP contribution in [0.2, 0.25) is 0 Å². The van der Waals surface area contributed by atoms with Crippen LogP contribution in [0.4, 0.5) is 0 Å². The molecule has 2 heterocycles. The average Bonchev–Trinajstić information content (AvgIpc) is 3.45. The molecule has 0 saturated carbocycles. The molecule has 4 nitrogen and oxygen atoms in total. The van der Waals surface area contributed by atoms with Gasteiger partial charge in [0.15, 0.2) is 5.78 Å². The van der Waals surface area contributed by atoms with Crippen molar-refractivity contribution < 1.29 is 4.79 Å². The first-order valence-corrected chi connectivity index (χ1v) is 11.8. The number of fused-ring (bicyclic) bond motifs is 3. The van der Waals surface area contributed by atoms with Crippen molar-refractivity contribution in [3.05, 3.63) is 69.9 Å². The molecule has 0 fully saturated rings. The van der Waals surface area contributed by atoms with E-state index in [4.69, 9.17) is 16.1 Å². The van der Waals surface area contributed by atoms with Crippen LogP contribution >= 0.6 is 46.8 Å². The number of nitrogens with zero attached hydrogens (tertiary/aromatic N) is 1. The van der Waals surface area contributed by atoms with Gasteiger partial charge in [-0.25, -0.2) is 4.98 Å². The molecule has 8 heteroatoms. The summed E-state index contributed by atoms with van der Waals surface area (Å²) in [6, 6.07) is 15.5. The number of halogens is 1. The number of rotatable bonds is 4. The highest BCUT2D eigenvalue weighted by Gasteiger charge is 2.29. The van der Waals surface area contributed by atoms with Crippen LogP contribution < -0.4 is 5.73 Å². The number of hydrogen-bond acceptors (Lipinski definition) is 6. The van der Waals surface area contributed by atoms with Crippen LogP contribution in [0, 0.1) is 5.41 Å². The number of thioether (sulfide) groups is 1. The first-order chi connectivity index (χ1) is 14.1. The van der Waals surface area contributed by atoms with Crippen LogP contribution in [0.1, 0.15) is 20.8 Å². The van der Waals surface area contributed by atoms with Gasteiger partial charge in [0.25, 0.3) is 0 Å². The van der Waals surface area contributed by atoms with Gasteiger partial charge >= 0.3 is 0 Å². The van der Waals surface area contributed by atoms with Crippen LogP contribution in [0.15, 0.2) is 58.1 Å². The van der Waals surface area contributed by atoms with Gasteiger partial charge in [0, 0.05) is 33.2 Å². The third-order valence-corrected chi connectivity index (χ3v) is 8.09. The summed E-state index contributed by atoms with van der Waals surface area (Å²) >= 11 is 4.71. The lowest BCUT2D eigenvalue weighted by Gasteiger charge is -2.06. The van der Waals surface area contributed by atoms with Crippen LogP contribution in [-0.4, -0.2) is 22.9 Å². The molecule has 4 aromatic rings. The minimum Gasteiger partial charge on any atom is -0.383 e. The molecular formula is C22H16ClN3OS3. The van der Waals surface area contributed by atoms with E-state index < -0.39 is 0 Å². The number of thiophene rings is 1. The number of aromatic nitrogens is 1. The third kappa shape index (κ3) is 3.18. The molecular weight excluding hydrogens is 454 g/mol. The lowest BCUT2D eigenvalue weighted by atomic mass is 9.98. The van der Waals surface area contributed by atoms with E-state index in [9.17, 15) is 4.79 Å². The lowest BCUT2D eigenvalue weighted by Crippen LogP contribution is -2.08. The number of ketones is 1. The maximum Gasteiger partial charge on any atom is 0.194 e. The van der Waals surface area contributed by atoms with E-state index in [1.165, 1.54) is 11.3 Å². The number of carbonyl (C=O) groups excluding carboxylic acids is 1. The first kappa shape index (κ1) is 20.8. The van der Waals surface area contributed by atoms with E-state index in [0.29, 0.717) is 0 Å². The molecule has 2 aromatic heterocycles. The second kappa shape index (κ2) is 8.00. The number of nitrogens with two attached hydrogens (primary N) is 1. The van der Waals surface area contributed by atoms with Gasteiger partial charge in [-0.2, -0.15) is 0 Å². The Balaban J connectivity index is 0.00000218. The van der Waals surface area contributed by atoms with E-state index in [1.54, 1.807) is 23.1 Å². The fraction of sp³-hybridized carbons (Fsp3) is 0.0455. The summed E-state index contributed by atoms with van der Waals surface area (Å²) in [5, 5.41) is 10.6.